The molecule has 1 aliphatic rings. The molecular weight excluding hydrogens is 356 g/mol. The molecule has 29 heavy (non-hydrogen) atoms. The summed E-state index contributed by atoms with van der Waals surface area (Å²) in [7, 11) is 0. The highest BCUT2D eigenvalue weighted by atomic mass is 16.5. The molecule has 2 nitrogen and oxygen atoms in total. The van der Waals surface area contributed by atoms with Crippen molar-refractivity contribution in [1.29, 1.82) is 0 Å². The molecule has 0 amide bonds. The Kier molecular flexibility index (Phi) is 9.72. The van der Waals surface area contributed by atoms with Gasteiger partial charge in [0.25, 0.3) is 6.47 Å². The predicted octanol–water partition coefficient (Wildman–Crippen LogP) is 7.73. The molecular formula is C27H44O2. The summed E-state index contributed by atoms with van der Waals surface area (Å²) >= 11 is 0. The lowest BCUT2D eigenvalue weighted by molar-refractivity contribution is -0.135. The van der Waals surface area contributed by atoms with E-state index in [1.807, 2.05) is 0 Å². The van der Waals surface area contributed by atoms with Crippen LogP contribution in [0.2, 0.25) is 0 Å². The summed E-state index contributed by atoms with van der Waals surface area (Å²) in [6.07, 6.45) is 17.3. The Bertz CT molecular complexity index is 607. The molecule has 0 saturated heterocycles. The Hall–Kier alpha value is -1.31. The van der Waals surface area contributed by atoms with E-state index < -0.39 is 0 Å². The van der Waals surface area contributed by atoms with E-state index in [2.05, 4.69) is 45.9 Å². The first kappa shape index (κ1) is 24.0. The summed E-state index contributed by atoms with van der Waals surface area (Å²) in [4.78, 5) is 10.5. The number of rotatable bonds is 15. The van der Waals surface area contributed by atoms with Crippen molar-refractivity contribution in [2.75, 3.05) is 0 Å². The third-order valence-corrected chi connectivity index (χ3v) is 6.49. The molecule has 164 valence electrons. The number of aryl methyl sites for hydroxylation is 3. The smallest absolute Gasteiger partial charge is 0.293 e. The van der Waals surface area contributed by atoms with Crippen LogP contribution >= 0.6 is 0 Å². The maximum atomic E-state index is 10.5. The number of hydrogen-bond donors (Lipinski definition) is 0. The molecule has 0 spiro atoms. The molecule has 0 N–H and O–H groups in total. The Morgan fingerprint density at radius 3 is 2.24 bits per heavy atom. The normalized spacial score (nSPS) is 15.3. The monoisotopic (exact) mass is 400 g/mol. The third kappa shape index (κ3) is 9.83. The lowest BCUT2D eigenvalue weighted by Gasteiger charge is -2.17. The lowest BCUT2D eigenvalue weighted by Crippen LogP contribution is -2.12. The van der Waals surface area contributed by atoms with Crippen LogP contribution in [0.1, 0.15) is 115 Å². The molecule has 1 aliphatic carbocycles. The minimum Gasteiger partial charge on any atom is -0.461 e. The number of carbonyl (C=O) groups is 1. The zero-order valence-electron chi connectivity index (χ0n) is 19.5. The van der Waals surface area contributed by atoms with Crippen LogP contribution in [-0.4, -0.2) is 12.1 Å². The number of unbranched alkanes of at least 4 members (excludes halogenated alkanes) is 6. The molecule has 0 aliphatic heterocycles. The molecule has 0 radical (unpaired) electrons. The summed E-state index contributed by atoms with van der Waals surface area (Å²) in [5.74, 6) is 0. The second-order valence-electron chi connectivity index (χ2n) is 10.5. The van der Waals surface area contributed by atoms with Crippen LogP contribution in [-0.2, 0) is 22.4 Å². The Morgan fingerprint density at radius 2 is 1.59 bits per heavy atom. The SMILES string of the molecule is Cc1ccc(CCCCCCC(C)(C)C)cc1CCCCCCC1(OC=O)CC1. The second kappa shape index (κ2) is 11.8. The highest BCUT2D eigenvalue weighted by Gasteiger charge is 2.44. The average molecular weight is 401 g/mol. The highest BCUT2D eigenvalue weighted by molar-refractivity contribution is 5.39. The van der Waals surface area contributed by atoms with Gasteiger partial charge in [-0.15, -0.1) is 0 Å². The molecule has 1 aromatic carbocycles. The van der Waals surface area contributed by atoms with Crippen molar-refractivity contribution in [3.8, 4) is 0 Å². The zero-order chi connectivity index (χ0) is 21.2. The number of ether oxygens (including phenoxy) is 1. The first-order valence-corrected chi connectivity index (χ1v) is 12.0. The maximum Gasteiger partial charge on any atom is 0.293 e. The summed E-state index contributed by atoms with van der Waals surface area (Å²) in [5.41, 5.74) is 4.91. The predicted molar refractivity (Wildman–Crippen MR) is 123 cm³/mol. The Morgan fingerprint density at radius 1 is 0.931 bits per heavy atom. The average Bonchev–Trinajstić information content (AvgIpc) is 3.42. The molecule has 0 heterocycles. The van der Waals surface area contributed by atoms with Gasteiger partial charge in [0, 0.05) is 0 Å². The van der Waals surface area contributed by atoms with E-state index in [0.717, 1.165) is 19.3 Å². The van der Waals surface area contributed by atoms with E-state index in [1.165, 1.54) is 87.3 Å². The van der Waals surface area contributed by atoms with Gasteiger partial charge in [0.1, 0.15) is 5.60 Å². The van der Waals surface area contributed by atoms with E-state index >= 15 is 0 Å². The van der Waals surface area contributed by atoms with Crippen molar-refractivity contribution in [3.63, 3.8) is 0 Å². The zero-order valence-corrected chi connectivity index (χ0v) is 19.5. The van der Waals surface area contributed by atoms with Crippen molar-refractivity contribution in [3.05, 3.63) is 34.9 Å². The van der Waals surface area contributed by atoms with Gasteiger partial charge >= 0.3 is 0 Å². The fourth-order valence-corrected chi connectivity index (χ4v) is 4.27. The van der Waals surface area contributed by atoms with Gasteiger partial charge in [-0.2, -0.15) is 0 Å². The summed E-state index contributed by atoms with van der Waals surface area (Å²) in [5, 5.41) is 0. The van der Waals surface area contributed by atoms with Crippen LogP contribution in [0.3, 0.4) is 0 Å². The maximum absolute atomic E-state index is 10.5. The van der Waals surface area contributed by atoms with E-state index in [1.54, 1.807) is 0 Å². The number of hydrogen-bond acceptors (Lipinski definition) is 2. The molecule has 2 heteroatoms. The fraction of sp³-hybridized carbons (Fsp3) is 0.741. The van der Waals surface area contributed by atoms with Crippen LogP contribution in [0.25, 0.3) is 0 Å². The van der Waals surface area contributed by atoms with Crippen LogP contribution < -0.4 is 0 Å². The topological polar surface area (TPSA) is 26.3 Å². The van der Waals surface area contributed by atoms with Crippen LogP contribution in [0, 0.1) is 12.3 Å². The second-order valence-corrected chi connectivity index (χ2v) is 10.5. The minimum absolute atomic E-state index is 0.0700. The highest BCUT2D eigenvalue weighted by Crippen LogP contribution is 2.43. The van der Waals surface area contributed by atoms with Crippen molar-refractivity contribution < 1.29 is 9.53 Å². The summed E-state index contributed by atoms with van der Waals surface area (Å²) < 4.78 is 5.23. The van der Waals surface area contributed by atoms with Gasteiger partial charge in [-0.25, -0.2) is 0 Å². The van der Waals surface area contributed by atoms with Gasteiger partial charge in [0.15, 0.2) is 0 Å². The van der Waals surface area contributed by atoms with E-state index in [0.29, 0.717) is 11.9 Å². The van der Waals surface area contributed by atoms with Gasteiger partial charge in [0.05, 0.1) is 0 Å². The molecule has 0 bridgehead atoms. The van der Waals surface area contributed by atoms with Gasteiger partial charge in [-0.1, -0.05) is 71.1 Å². The van der Waals surface area contributed by atoms with Gasteiger partial charge < -0.3 is 4.74 Å². The summed E-state index contributed by atoms with van der Waals surface area (Å²) in [6.45, 7) is 9.90. The largest absolute Gasteiger partial charge is 0.461 e. The quantitative estimate of drug-likeness (QED) is 0.222. The van der Waals surface area contributed by atoms with E-state index in [9.17, 15) is 4.79 Å². The molecule has 1 fully saturated rings. The first-order valence-electron chi connectivity index (χ1n) is 12.0. The van der Waals surface area contributed by atoms with Gasteiger partial charge in [0.2, 0.25) is 0 Å². The molecule has 2 rings (SSSR count). The van der Waals surface area contributed by atoms with Gasteiger partial charge in [-0.3, -0.25) is 4.79 Å². The summed E-state index contributed by atoms with van der Waals surface area (Å²) in [6, 6.07) is 7.11. The van der Waals surface area contributed by atoms with Crippen molar-refractivity contribution in [1.82, 2.24) is 0 Å². The standard InChI is InChI=1S/C27H44O2/c1-23-15-16-24(13-9-5-7-11-17-26(2,3)4)21-25(23)14-10-6-8-12-18-27(19-20-27)29-22-28/h15-16,21-22H,5-14,17-20H2,1-4H3. The van der Waals surface area contributed by atoms with E-state index in [-0.39, 0.29) is 5.60 Å². The van der Waals surface area contributed by atoms with Gasteiger partial charge in [-0.05, 0) is 86.8 Å². The number of carbonyl (C=O) groups excluding carboxylic acids is 1. The van der Waals surface area contributed by atoms with Crippen LogP contribution in [0.4, 0.5) is 0 Å². The third-order valence-electron chi connectivity index (χ3n) is 6.49. The fourth-order valence-electron chi connectivity index (χ4n) is 4.27. The molecule has 0 unspecified atom stereocenters. The molecule has 0 aromatic heterocycles. The van der Waals surface area contributed by atoms with E-state index in [4.69, 9.17) is 4.74 Å². The van der Waals surface area contributed by atoms with Crippen molar-refractivity contribution in [2.24, 2.45) is 5.41 Å². The molecule has 0 atom stereocenters. The first-order chi connectivity index (χ1) is 13.8. The lowest BCUT2D eigenvalue weighted by atomic mass is 9.89. The van der Waals surface area contributed by atoms with Crippen LogP contribution in [0.5, 0.6) is 0 Å². The van der Waals surface area contributed by atoms with Crippen LogP contribution in [0.15, 0.2) is 18.2 Å². The van der Waals surface area contributed by atoms with Crippen molar-refractivity contribution >= 4 is 6.47 Å². The Balaban J connectivity index is 1.59. The molecule has 1 aromatic rings. The minimum atomic E-state index is -0.0700. The molecule has 1 saturated carbocycles. The Labute approximate surface area is 179 Å². The van der Waals surface area contributed by atoms with Crippen molar-refractivity contribution in [2.45, 2.75) is 123 Å². The number of benzene rings is 1.